The van der Waals surface area contributed by atoms with Gasteiger partial charge in [-0.1, -0.05) is 0 Å². The van der Waals surface area contributed by atoms with Crippen LogP contribution in [0, 0.1) is 0 Å². The molecular weight excluding hydrogens is 626 g/mol. The zero-order valence-electron chi connectivity index (χ0n) is 25.3. The number of rotatable bonds is 16. The van der Waals surface area contributed by atoms with E-state index < -0.39 is 112 Å². The normalized spacial score (nSPS) is 41.7. The molecule has 0 aromatic rings. The second kappa shape index (κ2) is 18.3. The van der Waals surface area contributed by atoms with E-state index in [-0.39, 0.29) is 44.0 Å². The first-order valence-electron chi connectivity index (χ1n) is 15.1. The van der Waals surface area contributed by atoms with E-state index in [0.29, 0.717) is 6.54 Å². The van der Waals surface area contributed by atoms with Crippen molar-refractivity contribution in [2.75, 3.05) is 33.0 Å². The fraction of sp³-hybridized carbons (Fsp3) is 0.926. The molecule has 0 aromatic heterocycles. The molecular formula is C27H47NO18. The van der Waals surface area contributed by atoms with E-state index in [4.69, 9.17) is 28.4 Å². The summed E-state index contributed by atoms with van der Waals surface area (Å²) in [6, 6.07) is 0. The fourth-order valence-corrected chi connectivity index (χ4v) is 5.20. The minimum Gasteiger partial charge on any atom is -0.394 e. The van der Waals surface area contributed by atoms with E-state index in [1.807, 2.05) is 0 Å². The smallest absolute Gasteiger partial charge is 0.220 e. The van der Waals surface area contributed by atoms with Gasteiger partial charge in [0.05, 0.1) is 26.4 Å². The summed E-state index contributed by atoms with van der Waals surface area (Å²) in [7, 11) is 0. The van der Waals surface area contributed by atoms with E-state index in [0.717, 1.165) is 0 Å². The molecule has 3 aliphatic heterocycles. The number of ether oxygens (including phenoxy) is 6. The Morgan fingerprint density at radius 3 is 1.76 bits per heavy atom. The highest BCUT2D eigenvalue weighted by molar-refractivity contribution is 5.84. The largest absolute Gasteiger partial charge is 0.394 e. The van der Waals surface area contributed by atoms with Crippen LogP contribution in [0.15, 0.2) is 0 Å². The Hall–Kier alpha value is -1.50. The van der Waals surface area contributed by atoms with Gasteiger partial charge in [-0.15, -0.1) is 0 Å². The third-order valence-electron chi connectivity index (χ3n) is 7.94. The van der Waals surface area contributed by atoms with E-state index >= 15 is 0 Å². The Balaban J connectivity index is 1.68. The van der Waals surface area contributed by atoms with Gasteiger partial charge in [-0.05, 0) is 13.3 Å². The van der Waals surface area contributed by atoms with E-state index in [1.165, 1.54) is 0 Å². The van der Waals surface area contributed by atoms with Gasteiger partial charge in [0.1, 0.15) is 79.0 Å². The summed E-state index contributed by atoms with van der Waals surface area (Å²) in [5.74, 6) is -0.461. The molecule has 0 aliphatic carbocycles. The van der Waals surface area contributed by atoms with Crippen LogP contribution in [0.25, 0.3) is 0 Å². The minimum absolute atomic E-state index is 0.0208. The third-order valence-corrected chi connectivity index (χ3v) is 7.94. The van der Waals surface area contributed by atoms with Crippen LogP contribution in [-0.2, 0) is 38.0 Å². The van der Waals surface area contributed by atoms with Gasteiger partial charge in [-0.2, -0.15) is 0 Å². The predicted molar refractivity (Wildman–Crippen MR) is 147 cm³/mol. The third kappa shape index (κ3) is 9.78. The van der Waals surface area contributed by atoms with Crippen LogP contribution in [0.4, 0.5) is 0 Å². The Morgan fingerprint density at radius 1 is 0.630 bits per heavy atom. The molecule has 0 radical (unpaired) electrons. The number of aliphatic hydroxyl groups is 10. The first-order chi connectivity index (χ1) is 21.8. The molecule has 15 atom stereocenters. The number of carbonyl (C=O) groups excluding carboxylic acids is 2. The molecule has 46 heavy (non-hydrogen) atoms. The van der Waals surface area contributed by atoms with Crippen molar-refractivity contribution in [1.29, 1.82) is 0 Å². The van der Waals surface area contributed by atoms with Crippen molar-refractivity contribution in [1.82, 2.24) is 5.32 Å². The van der Waals surface area contributed by atoms with Gasteiger partial charge < -0.3 is 84.8 Å². The lowest BCUT2D eigenvalue weighted by atomic mass is 9.96. The first-order valence-corrected chi connectivity index (χ1v) is 15.1. The van der Waals surface area contributed by atoms with Crippen molar-refractivity contribution in [2.24, 2.45) is 0 Å². The lowest BCUT2D eigenvalue weighted by Crippen LogP contribution is -2.65. The van der Waals surface area contributed by atoms with Gasteiger partial charge in [0, 0.05) is 25.8 Å². The maximum absolute atomic E-state index is 12.2. The SMILES string of the molecule is CCNC(=O)CCC(=O)CCCO[C@H]1O[C@H](CO[C@H]2O[C@H](CO)[C@@H](O)[C@H](O)[C@@H]2O)[C@@H](O)[C@H](O[C@H]2O[C@H](CO)[C@@H](O)[C@H](O)[C@@H]2O)[C@@H]1O. The average molecular weight is 674 g/mol. The molecule has 3 saturated heterocycles. The molecule has 0 unspecified atom stereocenters. The lowest BCUT2D eigenvalue weighted by molar-refractivity contribution is -0.366. The molecule has 19 heteroatoms. The number of Topliss-reactive ketones (excluding diaryl/α,β-unsaturated/α-hetero) is 1. The number of hydrogen-bond donors (Lipinski definition) is 11. The second-order valence-electron chi connectivity index (χ2n) is 11.3. The topological polar surface area (TPSA) is 304 Å². The highest BCUT2D eigenvalue weighted by atomic mass is 16.7. The van der Waals surface area contributed by atoms with Crippen molar-refractivity contribution >= 4 is 11.7 Å². The summed E-state index contributed by atoms with van der Waals surface area (Å²) in [4.78, 5) is 23.7. The molecule has 0 aromatic carbocycles. The number of carbonyl (C=O) groups is 2. The predicted octanol–water partition coefficient (Wildman–Crippen LogP) is -6.28. The molecule has 3 rings (SSSR count). The Morgan fingerprint density at radius 2 is 1.17 bits per heavy atom. The number of amides is 1. The molecule has 0 saturated carbocycles. The summed E-state index contributed by atoms with van der Waals surface area (Å²) in [6.45, 7) is -0.0504. The summed E-state index contributed by atoms with van der Waals surface area (Å²) in [5.41, 5.74) is 0. The number of hydrogen-bond acceptors (Lipinski definition) is 18. The van der Waals surface area contributed by atoms with Gasteiger partial charge in [0.15, 0.2) is 18.9 Å². The molecule has 3 aliphatic rings. The van der Waals surface area contributed by atoms with Gasteiger partial charge in [-0.3, -0.25) is 9.59 Å². The van der Waals surface area contributed by atoms with Crippen molar-refractivity contribution in [3.05, 3.63) is 0 Å². The van der Waals surface area contributed by atoms with Crippen LogP contribution in [0.3, 0.4) is 0 Å². The Kier molecular flexibility index (Phi) is 15.5. The van der Waals surface area contributed by atoms with Gasteiger partial charge >= 0.3 is 0 Å². The van der Waals surface area contributed by atoms with E-state index in [9.17, 15) is 60.7 Å². The molecule has 268 valence electrons. The maximum atomic E-state index is 12.2. The molecule has 11 N–H and O–H groups in total. The van der Waals surface area contributed by atoms with Crippen molar-refractivity contribution in [3.63, 3.8) is 0 Å². The van der Waals surface area contributed by atoms with Crippen LogP contribution in [0.1, 0.15) is 32.6 Å². The van der Waals surface area contributed by atoms with Crippen LogP contribution < -0.4 is 5.32 Å². The Labute approximate surface area is 264 Å². The highest BCUT2D eigenvalue weighted by Crippen LogP contribution is 2.31. The van der Waals surface area contributed by atoms with Gasteiger partial charge in [-0.25, -0.2) is 0 Å². The van der Waals surface area contributed by atoms with E-state index in [1.54, 1.807) is 6.92 Å². The van der Waals surface area contributed by atoms with Crippen LogP contribution in [0.5, 0.6) is 0 Å². The molecule has 3 heterocycles. The number of nitrogens with one attached hydrogen (secondary N) is 1. The molecule has 1 amide bonds. The average Bonchev–Trinajstić information content (AvgIpc) is 3.04. The van der Waals surface area contributed by atoms with Crippen molar-refractivity contribution < 1.29 is 89.1 Å². The van der Waals surface area contributed by atoms with Crippen LogP contribution >= 0.6 is 0 Å². The molecule has 0 spiro atoms. The monoisotopic (exact) mass is 673 g/mol. The van der Waals surface area contributed by atoms with Crippen LogP contribution in [-0.4, -0.2) is 188 Å². The second-order valence-corrected chi connectivity index (χ2v) is 11.3. The van der Waals surface area contributed by atoms with Crippen LogP contribution in [0.2, 0.25) is 0 Å². The molecule has 0 bridgehead atoms. The fourth-order valence-electron chi connectivity index (χ4n) is 5.20. The van der Waals surface area contributed by atoms with Gasteiger partial charge in [0.25, 0.3) is 0 Å². The molecule has 3 fully saturated rings. The quantitative estimate of drug-likeness (QED) is 0.0679. The van der Waals surface area contributed by atoms with Gasteiger partial charge in [0.2, 0.25) is 5.91 Å². The minimum atomic E-state index is -1.88. The van der Waals surface area contributed by atoms with Crippen molar-refractivity contribution in [2.45, 2.75) is 125 Å². The number of aliphatic hydroxyl groups excluding tert-OH is 10. The first kappa shape index (κ1) is 38.9. The maximum Gasteiger partial charge on any atom is 0.220 e. The summed E-state index contributed by atoms with van der Waals surface area (Å²) in [6.07, 6.45) is -24.6. The zero-order valence-corrected chi connectivity index (χ0v) is 25.3. The summed E-state index contributed by atoms with van der Waals surface area (Å²) >= 11 is 0. The Bertz CT molecular complexity index is 942. The lowest BCUT2D eigenvalue weighted by Gasteiger charge is -2.46. The molecule has 19 nitrogen and oxygen atoms in total. The zero-order chi connectivity index (χ0) is 34.1. The number of ketones is 1. The summed E-state index contributed by atoms with van der Waals surface area (Å²) in [5, 5.41) is 105. The van der Waals surface area contributed by atoms with E-state index in [2.05, 4.69) is 5.32 Å². The van der Waals surface area contributed by atoms with Crippen molar-refractivity contribution in [3.8, 4) is 0 Å². The standard InChI is InChI=1S/C27H47NO18/c1-2-28-15(32)6-5-11(31)4-3-7-41-26-23(40)24(46-27-22(39)20(37)17(34)13(9-30)44-27)18(35)14(45-26)10-42-25-21(38)19(36)16(33)12(8-29)43-25/h12-14,16-27,29-30,33-40H,2-10H2,1H3,(H,28,32)/t12-,13-,14-,16-,17-,18-,19+,20+,21+,22+,23+,24+,25+,26+,27-/m1/s1. The summed E-state index contributed by atoms with van der Waals surface area (Å²) < 4.78 is 33.1. The highest BCUT2D eigenvalue weighted by Gasteiger charge is 2.52.